The Morgan fingerprint density at radius 3 is 2.14 bits per heavy atom. The first kappa shape index (κ1) is 23.0. The van der Waals surface area contributed by atoms with Crippen LogP contribution in [0, 0.1) is 0 Å². The molecule has 35 heavy (non-hydrogen) atoms. The molecule has 1 N–H and O–H groups in total. The van der Waals surface area contributed by atoms with Crippen molar-refractivity contribution in [3.63, 3.8) is 0 Å². The number of rotatable bonds is 5. The summed E-state index contributed by atoms with van der Waals surface area (Å²) in [4.78, 5) is 40.6. The Morgan fingerprint density at radius 1 is 0.829 bits per heavy atom. The fourth-order valence-electron chi connectivity index (χ4n) is 5.67. The molecule has 0 unspecified atom stereocenters. The lowest BCUT2D eigenvalue weighted by molar-refractivity contribution is -0.134. The van der Waals surface area contributed by atoms with Gasteiger partial charge in [0.25, 0.3) is 5.91 Å². The van der Waals surface area contributed by atoms with Crippen LogP contribution in [-0.2, 0) is 15.0 Å². The van der Waals surface area contributed by atoms with E-state index in [1.807, 2.05) is 89.8 Å². The number of nitrogens with zero attached hydrogens (tertiary/aromatic N) is 1. The quantitative estimate of drug-likeness (QED) is 0.564. The van der Waals surface area contributed by atoms with E-state index in [0.717, 1.165) is 35.8 Å². The Labute approximate surface area is 206 Å². The highest BCUT2D eigenvalue weighted by atomic mass is 16.2. The van der Waals surface area contributed by atoms with Gasteiger partial charge in [-0.15, -0.1) is 0 Å². The van der Waals surface area contributed by atoms with Crippen LogP contribution in [0.1, 0.15) is 58.6 Å². The molecule has 5 heteroatoms. The first-order chi connectivity index (χ1) is 17.1. The van der Waals surface area contributed by atoms with Crippen LogP contribution in [0.5, 0.6) is 0 Å². The number of benzene rings is 3. The molecule has 1 saturated heterocycles. The first-order valence-electron chi connectivity index (χ1n) is 12.4. The minimum Gasteiger partial charge on any atom is -0.349 e. The second-order valence-electron chi connectivity index (χ2n) is 9.57. The average Bonchev–Trinajstić information content (AvgIpc) is 2.93. The number of carbonyl (C=O) groups excluding carboxylic acids is 3. The molecule has 0 aromatic heterocycles. The molecule has 5 rings (SSSR count). The summed E-state index contributed by atoms with van der Waals surface area (Å²) in [7, 11) is 0. The number of likely N-dealkylation sites (tertiary alicyclic amines) is 1. The maximum Gasteiger partial charge on any atom is 0.251 e. The third-order valence-corrected chi connectivity index (χ3v) is 7.61. The maximum atomic E-state index is 13.7. The summed E-state index contributed by atoms with van der Waals surface area (Å²) >= 11 is 0. The highest BCUT2D eigenvalue weighted by molar-refractivity contribution is 5.94. The van der Waals surface area contributed by atoms with Crippen molar-refractivity contribution in [1.29, 1.82) is 0 Å². The summed E-state index contributed by atoms with van der Waals surface area (Å²) < 4.78 is 0. The highest BCUT2D eigenvalue weighted by Gasteiger charge is 2.44. The van der Waals surface area contributed by atoms with Crippen molar-refractivity contribution in [2.75, 3.05) is 13.1 Å². The molecule has 1 aliphatic heterocycles. The standard InChI is InChI=1S/C30H30N2O3/c33-21-30(23-11-5-2-6-12-23)18-15-26(25-13-7-8-14-27(25)30)29(35)32-19-16-24(17-20-32)31-28(34)22-9-3-1-4-10-22/h1-14,21,24,26H,15-20H2,(H,31,34)/t26-,30+/m0/s1. The molecule has 2 aliphatic rings. The Hall–Kier alpha value is -3.73. The van der Waals surface area contributed by atoms with Crippen molar-refractivity contribution in [2.24, 2.45) is 0 Å². The van der Waals surface area contributed by atoms with Gasteiger partial charge in [-0.2, -0.15) is 0 Å². The van der Waals surface area contributed by atoms with Crippen LogP contribution in [-0.4, -0.2) is 42.1 Å². The molecule has 1 fully saturated rings. The molecule has 0 bridgehead atoms. The smallest absolute Gasteiger partial charge is 0.251 e. The number of fused-ring (bicyclic) bond motifs is 1. The van der Waals surface area contributed by atoms with Gasteiger partial charge in [0, 0.05) is 24.7 Å². The zero-order chi connectivity index (χ0) is 24.3. The highest BCUT2D eigenvalue weighted by Crippen LogP contribution is 2.46. The summed E-state index contributed by atoms with van der Waals surface area (Å²) in [5.41, 5.74) is 2.81. The normalized spacial score (nSPS) is 22.2. The SMILES string of the molecule is O=C[C@@]1(c2ccccc2)CC[C@H](C(=O)N2CCC(NC(=O)c3ccccc3)CC2)c2ccccc21. The van der Waals surface area contributed by atoms with E-state index in [-0.39, 0.29) is 23.8 Å². The van der Waals surface area contributed by atoms with Crippen molar-refractivity contribution in [1.82, 2.24) is 10.2 Å². The summed E-state index contributed by atoms with van der Waals surface area (Å²) in [5, 5.41) is 3.11. The summed E-state index contributed by atoms with van der Waals surface area (Å²) in [5.74, 6) is -0.195. The molecule has 5 nitrogen and oxygen atoms in total. The maximum absolute atomic E-state index is 13.7. The monoisotopic (exact) mass is 466 g/mol. The van der Waals surface area contributed by atoms with Crippen LogP contribution < -0.4 is 5.32 Å². The van der Waals surface area contributed by atoms with Gasteiger partial charge < -0.3 is 15.0 Å². The van der Waals surface area contributed by atoms with E-state index >= 15 is 0 Å². The van der Waals surface area contributed by atoms with Crippen LogP contribution in [0.25, 0.3) is 0 Å². The second kappa shape index (κ2) is 9.87. The molecule has 0 saturated carbocycles. The molecule has 3 aromatic carbocycles. The summed E-state index contributed by atoms with van der Waals surface area (Å²) in [6.07, 6.45) is 3.77. The third-order valence-electron chi connectivity index (χ3n) is 7.61. The molecule has 0 spiro atoms. The molecule has 0 radical (unpaired) electrons. The van der Waals surface area contributed by atoms with Gasteiger partial charge in [-0.1, -0.05) is 72.8 Å². The van der Waals surface area contributed by atoms with Crippen molar-refractivity contribution in [2.45, 2.75) is 43.1 Å². The average molecular weight is 467 g/mol. The van der Waals surface area contributed by atoms with Gasteiger partial charge in [-0.05, 0) is 54.5 Å². The van der Waals surface area contributed by atoms with Crippen molar-refractivity contribution in [3.8, 4) is 0 Å². The van der Waals surface area contributed by atoms with E-state index in [1.54, 1.807) is 0 Å². The lowest BCUT2D eigenvalue weighted by atomic mass is 9.64. The van der Waals surface area contributed by atoms with E-state index in [1.165, 1.54) is 0 Å². The lowest BCUT2D eigenvalue weighted by Crippen LogP contribution is -2.48. The van der Waals surface area contributed by atoms with Crippen LogP contribution in [0.15, 0.2) is 84.9 Å². The Morgan fingerprint density at radius 2 is 1.46 bits per heavy atom. The molecule has 1 heterocycles. The summed E-state index contributed by atoms with van der Waals surface area (Å²) in [6.45, 7) is 1.24. The van der Waals surface area contributed by atoms with Crippen LogP contribution in [0.2, 0.25) is 0 Å². The van der Waals surface area contributed by atoms with Crippen molar-refractivity contribution in [3.05, 3.63) is 107 Å². The van der Waals surface area contributed by atoms with Crippen LogP contribution >= 0.6 is 0 Å². The van der Waals surface area contributed by atoms with Crippen LogP contribution in [0.4, 0.5) is 0 Å². The van der Waals surface area contributed by atoms with Gasteiger partial charge >= 0.3 is 0 Å². The van der Waals surface area contributed by atoms with E-state index in [2.05, 4.69) is 5.32 Å². The molecular formula is C30H30N2O3. The van der Waals surface area contributed by atoms with E-state index in [4.69, 9.17) is 0 Å². The van der Waals surface area contributed by atoms with Gasteiger partial charge in [0.1, 0.15) is 6.29 Å². The minimum absolute atomic E-state index is 0.0613. The molecule has 178 valence electrons. The van der Waals surface area contributed by atoms with E-state index in [9.17, 15) is 14.4 Å². The van der Waals surface area contributed by atoms with Gasteiger partial charge in [-0.25, -0.2) is 0 Å². The second-order valence-corrected chi connectivity index (χ2v) is 9.57. The minimum atomic E-state index is -0.719. The van der Waals surface area contributed by atoms with Gasteiger partial charge in [-0.3, -0.25) is 9.59 Å². The number of hydrogen-bond acceptors (Lipinski definition) is 3. The molecule has 1 aliphatic carbocycles. The van der Waals surface area contributed by atoms with Gasteiger partial charge in [0.15, 0.2) is 0 Å². The Kier molecular flexibility index (Phi) is 6.49. The fraction of sp³-hybridized carbons (Fsp3) is 0.300. The van der Waals surface area contributed by atoms with Crippen LogP contribution in [0.3, 0.4) is 0 Å². The van der Waals surface area contributed by atoms with E-state index < -0.39 is 5.41 Å². The Bertz CT molecular complexity index is 1200. The zero-order valence-electron chi connectivity index (χ0n) is 19.7. The Balaban J connectivity index is 1.30. The lowest BCUT2D eigenvalue weighted by Gasteiger charge is -2.41. The topological polar surface area (TPSA) is 66.5 Å². The number of nitrogens with one attached hydrogen (secondary N) is 1. The van der Waals surface area contributed by atoms with E-state index in [0.29, 0.717) is 31.5 Å². The number of amides is 2. The number of hydrogen-bond donors (Lipinski definition) is 1. The number of piperidine rings is 1. The van der Waals surface area contributed by atoms with Crippen molar-refractivity contribution >= 4 is 18.1 Å². The first-order valence-corrected chi connectivity index (χ1v) is 12.4. The molecule has 2 atom stereocenters. The molecular weight excluding hydrogens is 436 g/mol. The molecule has 3 aromatic rings. The third kappa shape index (κ3) is 4.39. The number of aldehydes is 1. The number of carbonyl (C=O) groups is 3. The largest absolute Gasteiger partial charge is 0.349 e. The van der Waals surface area contributed by atoms with Crippen molar-refractivity contribution < 1.29 is 14.4 Å². The molecule has 2 amide bonds. The van der Waals surface area contributed by atoms with Gasteiger partial charge in [0.2, 0.25) is 5.91 Å². The predicted octanol–water partition coefficient (Wildman–Crippen LogP) is 4.47. The van der Waals surface area contributed by atoms with Gasteiger partial charge in [0.05, 0.1) is 11.3 Å². The zero-order valence-corrected chi connectivity index (χ0v) is 19.7. The fourth-order valence-corrected chi connectivity index (χ4v) is 5.67. The summed E-state index contributed by atoms with van der Waals surface area (Å²) in [6, 6.07) is 27.1. The predicted molar refractivity (Wildman–Crippen MR) is 135 cm³/mol.